The van der Waals surface area contributed by atoms with Crippen molar-refractivity contribution in [2.45, 2.75) is 51.5 Å². The Bertz CT molecular complexity index is 419. The van der Waals surface area contributed by atoms with Crippen molar-refractivity contribution in [3.05, 3.63) is 29.8 Å². The summed E-state index contributed by atoms with van der Waals surface area (Å²) in [6, 6.07) is 7.91. The lowest BCUT2D eigenvalue weighted by Gasteiger charge is -2.31. The summed E-state index contributed by atoms with van der Waals surface area (Å²) in [4.78, 5) is 12.1. The van der Waals surface area contributed by atoms with Crippen LogP contribution in [-0.2, 0) is 11.2 Å². The number of nitrogens with two attached hydrogens (primary N) is 1. The Hall–Kier alpha value is -1.22. The number of carbonyl (C=O) groups excluding carboxylic acids is 1. The number of hydrogen-bond donors (Lipinski definition) is 2. The second-order valence-electron chi connectivity index (χ2n) is 5.55. The molecule has 2 unspecified atom stereocenters. The molecule has 0 heterocycles. The number of rotatable bonds is 4. The van der Waals surface area contributed by atoms with Crippen LogP contribution in [0.5, 0.6) is 0 Å². The van der Waals surface area contributed by atoms with E-state index in [0.29, 0.717) is 18.4 Å². The van der Waals surface area contributed by atoms with E-state index in [1.807, 2.05) is 24.3 Å². The summed E-state index contributed by atoms with van der Waals surface area (Å²) in [7, 11) is 0. The highest BCUT2D eigenvalue weighted by Gasteiger charge is 2.24. The fourth-order valence-electron chi connectivity index (χ4n) is 2.97. The van der Waals surface area contributed by atoms with Crippen LogP contribution in [0.25, 0.3) is 0 Å². The predicted octanol–water partition coefficient (Wildman–Crippen LogP) is 3.32. The van der Waals surface area contributed by atoms with Gasteiger partial charge < -0.3 is 11.1 Å². The number of anilines is 1. The van der Waals surface area contributed by atoms with Crippen molar-refractivity contribution in [1.29, 1.82) is 0 Å². The predicted molar refractivity (Wildman–Crippen MR) is 86.0 cm³/mol. The summed E-state index contributed by atoms with van der Waals surface area (Å²) in [6.45, 7) is 2.22. The van der Waals surface area contributed by atoms with Crippen LogP contribution in [0.15, 0.2) is 24.3 Å². The van der Waals surface area contributed by atoms with E-state index < -0.39 is 0 Å². The fraction of sp³-hybridized carbons (Fsp3) is 0.562. The van der Waals surface area contributed by atoms with Gasteiger partial charge in [-0.2, -0.15) is 0 Å². The average Bonchev–Trinajstić information content (AvgIpc) is 2.42. The van der Waals surface area contributed by atoms with Crippen LogP contribution in [0, 0.1) is 5.92 Å². The Balaban J connectivity index is 0.00000200. The molecule has 2 atom stereocenters. The van der Waals surface area contributed by atoms with E-state index in [4.69, 9.17) is 5.73 Å². The zero-order valence-electron chi connectivity index (χ0n) is 12.1. The maximum Gasteiger partial charge on any atom is 0.224 e. The Labute approximate surface area is 127 Å². The van der Waals surface area contributed by atoms with Crippen molar-refractivity contribution in [1.82, 2.24) is 5.32 Å². The van der Waals surface area contributed by atoms with Gasteiger partial charge in [-0.05, 0) is 36.5 Å². The SMILES string of the molecule is CCC1CCCCC1NC(=O)Cc1ccc(N)cc1.Cl. The van der Waals surface area contributed by atoms with Crippen molar-refractivity contribution < 1.29 is 4.79 Å². The average molecular weight is 297 g/mol. The Morgan fingerprint density at radius 2 is 1.90 bits per heavy atom. The van der Waals surface area contributed by atoms with Gasteiger partial charge in [0.05, 0.1) is 6.42 Å². The largest absolute Gasteiger partial charge is 0.399 e. The van der Waals surface area contributed by atoms with Gasteiger partial charge in [-0.25, -0.2) is 0 Å². The lowest BCUT2D eigenvalue weighted by atomic mass is 9.83. The van der Waals surface area contributed by atoms with Crippen molar-refractivity contribution in [3.8, 4) is 0 Å². The van der Waals surface area contributed by atoms with Crippen LogP contribution >= 0.6 is 12.4 Å². The Kier molecular flexibility index (Phi) is 6.86. The minimum atomic E-state index is 0. The highest BCUT2D eigenvalue weighted by molar-refractivity contribution is 5.85. The molecule has 3 nitrogen and oxygen atoms in total. The van der Waals surface area contributed by atoms with Gasteiger partial charge in [0.1, 0.15) is 0 Å². The van der Waals surface area contributed by atoms with Gasteiger partial charge >= 0.3 is 0 Å². The second-order valence-corrected chi connectivity index (χ2v) is 5.55. The molecule has 1 aliphatic carbocycles. The molecule has 112 valence electrons. The van der Waals surface area contributed by atoms with Crippen LogP contribution < -0.4 is 11.1 Å². The number of amides is 1. The van der Waals surface area contributed by atoms with E-state index in [1.54, 1.807) is 0 Å². The topological polar surface area (TPSA) is 55.1 Å². The molecule has 1 aliphatic rings. The molecular formula is C16H25ClN2O. The highest BCUT2D eigenvalue weighted by atomic mass is 35.5. The number of benzene rings is 1. The smallest absolute Gasteiger partial charge is 0.224 e. The summed E-state index contributed by atoms with van der Waals surface area (Å²) in [5, 5.41) is 3.21. The first-order chi connectivity index (χ1) is 9.19. The molecular weight excluding hydrogens is 272 g/mol. The van der Waals surface area contributed by atoms with Crippen molar-refractivity contribution in [3.63, 3.8) is 0 Å². The third-order valence-corrected chi connectivity index (χ3v) is 4.12. The molecule has 1 aromatic carbocycles. The first-order valence-corrected chi connectivity index (χ1v) is 7.33. The number of nitrogen functional groups attached to an aromatic ring is 1. The quantitative estimate of drug-likeness (QED) is 0.838. The molecule has 0 spiro atoms. The molecule has 1 fully saturated rings. The number of carbonyl (C=O) groups is 1. The third kappa shape index (κ3) is 4.71. The maximum atomic E-state index is 12.1. The van der Waals surface area contributed by atoms with Gasteiger partial charge in [-0.1, -0.05) is 38.3 Å². The van der Waals surface area contributed by atoms with Crippen LogP contribution in [0.3, 0.4) is 0 Å². The molecule has 0 aromatic heterocycles. The molecule has 20 heavy (non-hydrogen) atoms. The zero-order chi connectivity index (χ0) is 13.7. The van der Waals surface area contributed by atoms with Gasteiger partial charge in [0.15, 0.2) is 0 Å². The van der Waals surface area contributed by atoms with Crippen LogP contribution in [0.1, 0.15) is 44.6 Å². The Morgan fingerprint density at radius 3 is 2.55 bits per heavy atom. The maximum absolute atomic E-state index is 12.1. The van der Waals surface area contributed by atoms with E-state index >= 15 is 0 Å². The summed E-state index contributed by atoms with van der Waals surface area (Å²) in [6.07, 6.45) is 6.54. The van der Waals surface area contributed by atoms with Gasteiger partial charge in [0, 0.05) is 11.7 Å². The zero-order valence-corrected chi connectivity index (χ0v) is 12.9. The molecule has 2 rings (SSSR count). The van der Waals surface area contributed by atoms with E-state index in [0.717, 1.165) is 24.1 Å². The summed E-state index contributed by atoms with van der Waals surface area (Å²) in [5.41, 5.74) is 7.40. The summed E-state index contributed by atoms with van der Waals surface area (Å²) < 4.78 is 0. The van der Waals surface area contributed by atoms with Crippen molar-refractivity contribution in [2.75, 3.05) is 5.73 Å². The van der Waals surface area contributed by atoms with Crippen LogP contribution in [-0.4, -0.2) is 11.9 Å². The molecule has 3 N–H and O–H groups in total. The molecule has 1 aromatic rings. The molecule has 4 heteroatoms. The monoisotopic (exact) mass is 296 g/mol. The first-order valence-electron chi connectivity index (χ1n) is 7.33. The lowest BCUT2D eigenvalue weighted by molar-refractivity contribution is -0.121. The molecule has 0 bridgehead atoms. The highest BCUT2D eigenvalue weighted by Crippen LogP contribution is 2.26. The lowest BCUT2D eigenvalue weighted by Crippen LogP contribution is -2.42. The van der Waals surface area contributed by atoms with Gasteiger partial charge in [-0.15, -0.1) is 12.4 Å². The normalized spacial score (nSPS) is 21.9. The summed E-state index contributed by atoms with van der Waals surface area (Å²) in [5.74, 6) is 0.791. The van der Waals surface area contributed by atoms with Crippen molar-refractivity contribution >= 4 is 24.0 Å². The number of nitrogens with one attached hydrogen (secondary N) is 1. The molecule has 0 saturated heterocycles. The molecule has 0 aliphatic heterocycles. The molecule has 0 radical (unpaired) electrons. The van der Waals surface area contributed by atoms with Gasteiger partial charge in [0.25, 0.3) is 0 Å². The van der Waals surface area contributed by atoms with Crippen LogP contribution in [0.2, 0.25) is 0 Å². The van der Waals surface area contributed by atoms with E-state index in [9.17, 15) is 4.79 Å². The van der Waals surface area contributed by atoms with E-state index in [1.165, 1.54) is 19.3 Å². The van der Waals surface area contributed by atoms with Gasteiger partial charge in [0.2, 0.25) is 5.91 Å². The summed E-state index contributed by atoms with van der Waals surface area (Å²) >= 11 is 0. The second kappa shape index (κ2) is 8.15. The molecule has 1 amide bonds. The minimum Gasteiger partial charge on any atom is -0.399 e. The molecule has 1 saturated carbocycles. The standard InChI is InChI=1S/C16H24N2O.ClH/c1-2-13-5-3-4-6-15(13)18-16(19)11-12-7-9-14(17)10-8-12;/h7-10,13,15H,2-6,11,17H2,1H3,(H,18,19);1H. The Morgan fingerprint density at radius 1 is 1.25 bits per heavy atom. The fourth-order valence-corrected chi connectivity index (χ4v) is 2.97. The van der Waals surface area contributed by atoms with E-state index in [-0.39, 0.29) is 18.3 Å². The van der Waals surface area contributed by atoms with E-state index in [2.05, 4.69) is 12.2 Å². The first kappa shape index (κ1) is 16.8. The van der Waals surface area contributed by atoms with Crippen LogP contribution in [0.4, 0.5) is 5.69 Å². The van der Waals surface area contributed by atoms with Gasteiger partial charge in [-0.3, -0.25) is 4.79 Å². The van der Waals surface area contributed by atoms with Crippen molar-refractivity contribution in [2.24, 2.45) is 5.92 Å². The number of hydrogen-bond acceptors (Lipinski definition) is 2. The third-order valence-electron chi connectivity index (χ3n) is 4.12. The minimum absolute atomic E-state index is 0. The number of halogens is 1.